The lowest BCUT2D eigenvalue weighted by Crippen LogP contribution is -2.46. The minimum atomic E-state index is -1.86. The molecule has 136 valence electrons. The first kappa shape index (κ1) is 19.5. The highest BCUT2D eigenvalue weighted by Gasteiger charge is 2.44. The summed E-state index contributed by atoms with van der Waals surface area (Å²) < 4.78 is 12.1. The van der Waals surface area contributed by atoms with Gasteiger partial charge >= 0.3 is 0 Å². The molecule has 1 aliphatic carbocycles. The molecule has 3 nitrogen and oxygen atoms in total. The van der Waals surface area contributed by atoms with Crippen LogP contribution in [0.15, 0.2) is 16.7 Å². The Bertz CT molecular complexity index is 592. The van der Waals surface area contributed by atoms with Crippen LogP contribution >= 0.6 is 0 Å². The molecule has 1 aliphatic rings. The van der Waals surface area contributed by atoms with Gasteiger partial charge in [-0.05, 0) is 48.5 Å². The largest absolute Gasteiger partial charge is 0.468 e. The lowest BCUT2D eigenvalue weighted by atomic mass is 9.71. The molecule has 0 saturated carbocycles. The van der Waals surface area contributed by atoms with E-state index >= 15 is 0 Å². The summed E-state index contributed by atoms with van der Waals surface area (Å²) in [6.07, 6.45) is 3.78. The van der Waals surface area contributed by atoms with E-state index in [9.17, 15) is 4.79 Å². The Hall–Kier alpha value is -0.873. The zero-order chi connectivity index (χ0) is 18.3. The van der Waals surface area contributed by atoms with Crippen molar-refractivity contribution in [2.75, 3.05) is 6.61 Å². The number of hydrogen-bond donors (Lipinski definition) is 0. The Balaban J connectivity index is 2.17. The average molecular weight is 351 g/mol. The van der Waals surface area contributed by atoms with Crippen molar-refractivity contribution >= 4 is 14.1 Å². The summed E-state index contributed by atoms with van der Waals surface area (Å²) in [4.78, 5) is 13.3. The van der Waals surface area contributed by atoms with Crippen LogP contribution in [0.2, 0.25) is 18.1 Å². The van der Waals surface area contributed by atoms with E-state index in [1.165, 1.54) is 5.56 Å². The Morgan fingerprint density at radius 3 is 2.50 bits per heavy atom. The number of Topliss-reactive ketones (excluding diaryl/α,β-unsaturated/α-hetero) is 1. The van der Waals surface area contributed by atoms with Gasteiger partial charge in [0.2, 0.25) is 0 Å². The smallest absolute Gasteiger partial charge is 0.192 e. The van der Waals surface area contributed by atoms with Crippen LogP contribution in [-0.4, -0.2) is 20.7 Å². The Morgan fingerprint density at radius 2 is 1.92 bits per heavy atom. The third-order valence-corrected chi connectivity index (χ3v) is 10.5. The maximum Gasteiger partial charge on any atom is 0.192 e. The van der Waals surface area contributed by atoms with Crippen molar-refractivity contribution in [3.8, 4) is 0 Å². The molecule has 0 spiro atoms. The molecule has 0 amide bonds. The molecule has 0 N–H and O–H groups in total. The summed E-state index contributed by atoms with van der Waals surface area (Å²) in [5.41, 5.74) is 0.697. The maximum absolute atomic E-state index is 13.3. The Labute approximate surface area is 148 Å². The molecular weight excluding hydrogens is 316 g/mol. The van der Waals surface area contributed by atoms with Gasteiger partial charge in [-0.1, -0.05) is 41.5 Å². The SMILES string of the molecule is C[C@H]1CCc2ccoc2[C@@H]1C(=O)C(C)(C)CO[Si](C)(C)C(C)(C)C. The van der Waals surface area contributed by atoms with Crippen LogP contribution in [0.25, 0.3) is 0 Å². The quantitative estimate of drug-likeness (QED) is 0.652. The van der Waals surface area contributed by atoms with Crippen molar-refractivity contribution in [1.29, 1.82) is 0 Å². The third kappa shape index (κ3) is 3.69. The van der Waals surface area contributed by atoms with Crippen LogP contribution < -0.4 is 0 Å². The summed E-state index contributed by atoms with van der Waals surface area (Å²) >= 11 is 0. The molecule has 0 radical (unpaired) electrons. The topological polar surface area (TPSA) is 39.4 Å². The van der Waals surface area contributed by atoms with E-state index in [2.05, 4.69) is 40.8 Å². The van der Waals surface area contributed by atoms with E-state index in [1.54, 1.807) is 6.26 Å². The normalized spacial score (nSPS) is 22.3. The highest BCUT2D eigenvalue weighted by Crippen LogP contribution is 2.42. The predicted octanol–water partition coefficient (Wildman–Crippen LogP) is 5.56. The van der Waals surface area contributed by atoms with E-state index in [4.69, 9.17) is 8.84 Å². The van der Waals surface area contributed by atoms with Gasteiger partial charge in [0.1, 0.15) is 5.76 Å². The van der Waals surface area contributed by atoms with Gasteiger partial charge in [-0.3, -0.25) is 4.79 Å². The third-order valence-electron chi connectivity index (χ3n) is 6.05. The molecule has 2 rings (SSSR count). The maximum atomic E-state index is 13.3. The van der Waals surface area contributed by atoms with Crippen molar-refractivity contribution in [3.63, 3.8) is 0 Å². The van der Waals surface area contributed by atoms with Gasteiger partial charge in [-0.2, -0.15) is 0 Å². The molecule has 0 saturated heterocycles. The first-order valence-corrected chi connectivity index (χ1v) is 12.0. The minimum absolute atomic E-state index is 0.137. The Kier molecular flexibility index (Phi) is 5.23. The van der Waals surface area contributed by atoms with E-state index in [1.807, 2.05) is 19.9 Å². The van der Waals surface area contributed by atoms with Crippen molar-refractivity contribution in [2.24, 2.45) is 11.3 Å². The zero-order valence-electron chi connectivity index (χ0n) is 16.7. The summed E-state index contributed by atoms with van der Waals surface area (Å²) in [7, 11) is -1.86. The number of aryl methyl sites for hydroxylation is 1. The van der Waals surface area contributed by atoms with Gasteiger partial charge in [0.05, 0.1) is 12.2 Å². The van der Waals surface area contributed by atoms with Crippen LogP contribution in [0, 0.1) is 11.3 Å². The molecule has 1 aromatic heterocycles. The Morgan fingerprint density at radius 1 is 1.29 bits per heavy atom. The highest BCUT2D eigenvalue weighted by molar-refractivity contribution is 6.74. The molecule has 2 atom stereocenters. The van der Waals surface area contributed by atoms with Gasteiger partial charge in [-0.15, -0.1) is 0 Å². The summed E-state index contributed by atoms with van der Waals surface area (Å²) in [6.45, 7) is 17.9. The second kappa shape index (κ2) is 6.45. The molecule has 0 aromatic carbocycles. The van der Waals surface area contributed by atoms with Gasteiger partial charge in [0.25, 0.3) is 0 Å². The van der Waals surface area contributed by atoms with Gasteiger partial charge in [-0.25, -0.2) is 0 Å². The van der Waals surface area contributed by atoms with Crippen LogP contribution in [0.3, 0.4) is 0 Å². The van der Waals surface area contributed by atoms with Gasteiger partial charge in [0, 0.05) is 12.0 Å². The molecule has 1 heterocycles. The van der Waals surface area contributed by atoms with Crippen LogP contribution in [-0.2, 0) is 15.6 Å². The fourth-order valence-corrected chi connectivity index (χ4v) is 4.24. The first-order chi connectivity index (χ1) is 10.9. The number of carbonyl (C=O) groups is 1. The number of fused-ring (bicyclic) bond motifs is 1. The minimum Gasteiger partial charge on any atom is -0.468 e. The summed E-state index contributed by atoms with van der Waals surface area (Å²) in [6, 6.07) is 2.01. The monoisotopic (exact) mass is 350 g/mol. The van der Waals surface area contributed by atoms with E-state index in [0.29, 0.717) is 12.5 Å². The number of ketones is 1. The number of rotatable bonds is 5. The fourth-order valence-electron chi connectivity index (χ4n) is 3.08. The molecule has 24 heavy (non-hydrogen) atoms. The first-order valence-electron chi connectivity index (χ1n) is 9.11. The van der Waals surface area contributed by atoms with Crippen LogP contribution in [0.5, 0.6) is 0 Å². The molecular formula is C20H34O3Si. The molecule has 0 unspecified atom stereocenters. The highest BCUT2D eigenvalue weighted by atomic mass is 28.4. The van der Waals surface area contributed by atoms with Gasteiger partial charge < -0.3 is 8.84 Å². The van der Waals surface area contributed by atoms with E-state index in [0.717, 1.165) is 18.6 Å². The molecule has 0 fully saturated rings. The molecule has 1 aromatic rings. The van der Waals surface area contributed by atoms with E-state index < -0.39 is 13.7 Å². The zero-order valence-corrected chi connectivity index (χ0v) is 17.7. The van der Waals surface area contributed by atoms with Crippen molar-refractivity contribution in [2.45, 2.75) is 78.4 Å². The molecule has 0 aliphatic heterocycles. The van der Waals surface area contributed by atoms with Crippen molar-refractivity contribution < 1.29 is 13.6 Å². The standard InChI is InChI=1S/C20H34O3Si/c1-14-9-10-15-11-12-22-17(15)16(14)18(21)20(5,6)13-23-24(7,8)19(2,3)4/h11-12,14,16H,9-10,13H2,1-8H3/t14-,16+/m0/s1. The lowest BCUT2D eigenvalue weighted by Gasteiger charge is -2.40. The predicted molar refractivity (Wildman–Crippen MR) is 101 cm³/mol. The number of furan rings is 1. The molecule has 4 heteroatoms. The van der Waals surface area contributed by atoms with Crippen molar-refractivity contribution in [1.82, 2.24) is 0 Å². The van der Waals surface area contributed by atoms with Crippen LogP contribution in [0.4, 0.5) is 0 Å². The summed E-state index contributed by atoms with van der Waals surface area (Å²) in [5.74, 6) is 1.33. The number of hydrogen-bond acceptors (Lipinski definition) is 3. The summed E-state index contributed by atoms with van der Waals surface area (Å²) in [5, 5.41) is 0.151. The second-order valence-electron chi connectivity index (χ2n) is 9.60. The van der Waals surface area contributed by atoms with Crippen LogP contribution in [0.1, 0.15) is 65.2 Å². The second-order valence-corrected chi connectivity index (χ2v) is 14.4. The number of carbonyl (C=O) groups excluding carboxylic acids is 1. The van der Waals surface area contributed by atoms with Crippen molar-refractivity contribution in [3.05, 3.63) is 23.7 Å². The fraction of sp³-hybridized carbons (Fsp3) is 0.750. The van der Waals surface area contributed by atoms with E-state index in [-0.39, 0.29) is 16.7 Å². The lowest BCUT2D eigenvalue weighted by molar-refractivity contribution is -0.132. The van der Waals surface area contributed by atoms with Gasteiger partial charge in [0.15, 0.2) is 14.1 Å². The average Bonchev–Trinajstić information content (AvgIpc) is 2.92. The molecule has 0 bridgehead atoms.